The first kappa shape index (κ1) is 27.3. The van der Waals surface area contributed by atoms with E-state index < -0.39 is 59.9 Å². The highest BCUT2D eigenvalue weighted by molar-refractivity contribution is 5.94. The number of carbonyl (C=O) groups excluding carboxylic acids is 4. The number of carboxylic acids is 1. The molecule has 172 valence electrons. The Morgan fingerprint density at radius 2 is 1.50 bits per heavy atom. The number of amides is 4. The van der Waals surface area contributed by atoms with Gasteiger partial charge in [0.25, 0.3) is 0 Å². The second kappa shape index (κ2) is 12.8. The van der Waals surface area contributed by atoms with Crippen LogP contribution in [-0.4, -0.2) is 70.1 Å². The van der Waals surface area contributed by atoms with E-state index in [1.807, 2.05) is 0 Å². The summed E-state index contributed by atoms with van der Waals surface area (Å²) in [6, 6.07) is -4.72. The van der Waals surface area contributed by atoms with E-state index in [9.17, 15) is 34.2 Å². The van der Waals surface area contributed by atoms with Crippen molar-refractivity contribution < 1.29 is 34.2 Å². The number of primary amides is 1. The third kappa shape index (κ3) is 9.18. The number of hydrogen-bond donors (Lipinski definition) is 7. The van der Waals surface area contributed by atoms with E-state index >= 15 is 0 Å². The second-order valence-electron chi connectivity index (χ2n) is 7.27. The molecule has 12 heteroatoms. The fourth-order valence-corrected chi connectivity index (χ4v) is 2.38. The molecule has 9 N–H and O–H groups in total. The molecular weight excluding hydrogens is 398 g/mol. The fourth-order valence-electron chi connectivity index (χ4n) is 2.38. The van der Waals surface area contributed by atoms with Gasteiger partial charge in [-0.2, -0.15) is 0 Å². The number of nitrogens with two attached hydrogens (primary N) is 2. The summed E-state index contributed by atoms with van der Waals surface area (Å²) in [6.07, 6.45) is -1.05. The zero-order valence-electron chi connectivity index (χ0n) is 17.7. The molecule has 0 saturated heterocycles. The predicted molar refractivity (Wildman–Crippen MR) is 107 cm³/mol. The van der Waals surface area contributed by atoms with Gasteiger partial charge < -0.3 is 37.6 Å². The molecule has 0 aliphatic heterocycles. The normalized spacial score (nSPS) is 16.9. The molecule has 6 unspecified atom stereocenters. The summed E-state index contributed by atoms with van der Waals surface area (Å²) in [5, 5.41) is 25.7. The van der Waals surface area contributed by atoms with Crippen molar-refractivity contribution in [2.45, 2.75) is 77.2 Å². The summed E-state index contributed by atoms with van der Waals surface area (Å²) in [4.78, 5) is 59.2. The fraction of sp³-hybridized carbons (Fsp3) is 0.722. The van der Waals surface area contributed by atoms with Gasteiger partial charge in [0.1, 0.15) is 24.2 Å². The van der Waals surface area contributed by atoms with E-state index in [0.29, 0.717) is 6.42 Å². The third-order valence-electron chi connectivity index (χ3n) is 4.66. The van der Waals surface area contributed by atoms with Gasteiger partial charge in [-0.25, -0.2) is 4.79 Å². The lowest BCUT2D eigenvalue weighted by Gasteiger charge is -2.27. The molecule has 12 nitrogen and oxygen atoms in total. The molecule has 0 aromatic rings. The number of nitrogens with one attached hydrogen (secondary N) is 3. The first-order valence-electron chi connectivity index (χ1n) is 9.67. The van der Waals surface area contributed by atoms with Crippen LogP contribution in [0.15, 0.2) is 0 Å². The van der Waals surface area contributed by atoms with Crippen LogP contribution in [0.4, 0.5) is 0 Å². The zero-order chi connectivity index (χ0) is 23.6. The molecule has 4 amide bonds. The second-order valence-corrected chi connectivity index (χ2v) is 7.27. The summed E-state index contributed by atoms with van der Waals surface area (Å²) in [6.45, 7) is 6.18. The molecule has 0 bridgehead atoms. The Bertz CT molecular complexity index is 640. The largest absolute Gasteiger partial charge is 0.480 e. The molecule has 0 aliphatic rings. The highest BCUT2D eigenvalue weighted by Crippen LogP contribution is 2.10. The van der Waals surface area contributed by atoms with Crippen molar-refractivity contribution in [2.75, 3.05) is 0 Å². The van der Waals surface area contributed by atoms with Crippen molar-refractivity contribution >= 4 is 29.6 Å². The topological polar surface area (TPSA) is 214 Å². The number of aliphatic hydroxyl groups is 1. The smallest absolute Gasteiger partial charge is 0.326 e. The Morgan fingerprint density at radius 3 is 1.93 bits per heavy atom. The Labute approximate surface area is 175 Å². The Balaban J connectivity index is 5.19. The van der Waals surface area contributed by atoms with Gasteiger partial charge in [-0.1, -0.05) is 20.3 Å². The van der Waals surface area contributed by atoms with Gasteiger partial charge in [0.05, 0.1) is 6.10 Å². The van der Waals surface area contributed by atoms with Crippen molar-refractivity contribution in [2.24, 2.45) is 17.4 Å². The molecule has 30 heavy (non-hydrogen) atoms. The summed E-state index contributed by atoms with van der Waals surface area (Å²) >= 11 is 0. The molecule has 0 rings (SSSR count). The van der Waals surface area contributed by atoms with Gasteiger partial charge in [-0.3, -0.25) is 19.2 Å². The summed E-state index contributed by atoms with van der Waals surface area (Å²) < 4.78 is 0. The molecule has 6 atom stereocenters. The van der Waals surface area contributed by atoms with Crippen LogP contribution in [0.25, 0.3) is 0 Å². The van der Waals surface area contributed by atoms with Crippen LogP contribution in [0.3, 0.4) is 0 Å². The number of hydrogen-bond acceptors (Lipinski definition) is 7. The SMILES string of the molecule is CCC(C)C(NC(=O)C(C)NC(=O)C(N)C(C)O)C(=O)NC(CCC(N)=O)C(=O)O. The number of carbonyl (C=O) groups is 5. The van der Waals surface area contributed by atoms with Gasteiger partial charge in [0.2, 0.25) is 23.6 Å². The zero-order valence-corrected chi connectivity index (χ0v) is 17.7. The van der Waals surface area contributed by atoms with Gasteiger partial charge in [0, 0.05) is 6.42 Å². The highest BCUT2D eigenvalue weighted by atomic mass is 16.4. The highest BCUT2D eigenvalue weighted by Gasteiger charge is 2.31. The Morgan fingerprint density at radius 1 is 0.933 bits per heavy atom. The third-order valence-corrected chi connectivity index (χ3v) is 4.66. The molecule has 0 aliphatic carbocycles. The lowest BCUT2D eigenvalue weighted by atomic mass is 9.97. The summed E-state index contributed by atoms with van der Waals surface area (Å²) in [5.41, 5.74) is 10.5. The minimum Gasteiger partial charge on any atom is -0.480 e. The van der Waals surface area contributed by atoms with Crippen LogP contribution < -0.4 is 27.4 Å². The minimum atomic E-state index is -1.35. The molecule has 0 radical (unpaired) electrons. The van der Waals surface area contributed by atoms with Crippen LogP contribution in [0.1, 0.15) is 47.0 Å². The summed E-state index contributed by atoms with van der Waals surface area (Å²) in [7, 11) is 0. The number of rotatable bonds is 13. The van der Waals surface area contributed by atoms with Gasteiger partial charge in [-0.05, 0) is 26.2 Å². The van der Waals surface area contributed by atoms with Crippen molar-refractivity contribution in [1.82, 2.24) is 16.0 Å². The van der Waals surface area contributed by atoms with Crippen LogP contribution in [0.2, 0.25) is 0 Å². The van der Waals surface area contributed by atoms with Crippen molar-refractivity contribution in [3.8, 4) is 0 Å². The number of aliphatic hydroxyl groups excluding tert-OH is 1. The lowest BCUT2D eigenvalue weighted by molar-refractivity contribution is -0.143. The van der Waals surface area contributed by atoms with Crippen LogP contribution in [0, 0.1) is 5.92 Å². The van der Waals surface area contributed by atoms with E-state index in [0.717, 1.165) is 0 Å². The molecule has 0 aromatic carbocycles. The van der Waals surface area contributed by atoms with Crippen LogP contribution >= 0.6 is 0 Å². The molecular formula is C18H33N5O7. The lowest BCUT2D eigenvalue weighted by Crippen LogP contribution is -2.58. The van der Waals surface area contributed by atoms with E-state index in [4.69, 9.17) is 11.5 Å². The molecule has 0 aromatic heterocycles. The first-order valence-corrected chi connectivity index (χ1v) is 9.67. The maximum Gasteiger partial charge on any atom is 0.326 e. The van der Waals surface area contributed by atoms with Gasteiger partial charge >= 0.3 is 5.97 Å². The van der Waals surface area contributed by atoms with Crippen LogP contribution in [0.5, 0.6) is 0 Å². The Kier molecular flexibility index (Phi) is 11.6. The van der Waals surface area contributed by atoms with E-state index in [1.165, 1.54) is 13.8 Å². The molecule has 0 spiro atoms. The molecule has 0 saturated carbocycles. The Hall–Kier alpha value is -2.73. The standard InChI is InChI=1S/C18H33N5O7/c1-5-8(2)14(17(28)22-11(18(29)30)6-7-12(19)25)23-15(26)9(3)21-16(27)13(20)10(4)24/h8-11,13-14,24H,5-7,20H2,1-4H3,(H2,19,25)(H,21,27)(H,22,28)(H,23,26)(H,29,30). The van der Waals surface area contributed by atoms with E-state index in [2.05, 4.69) is 16.0 Å². The number of aliphatic carboxylic acids is 1. The maximum absolute atomic E-state index is 12.6. The maximum atomic E-state index is 12.6. The molecule has 0 fully saturated rings. The van der Waals surface area contributed by atoms with E-state index in [-0.39, 0.29) is 18.8 Å². The average Bonchev–Trinajstić information content (AvgIpc) is 2.66. The van der Waals surface area contributed by atoms with Crippen LogP contribution in [-0.2, 0) is 24.0 Å². The molecule has 0 heterocycles. The minimum absolute atomic E-state index is 0.193. The quantitative estimate of drug-likeness (QED) is 0.166. The van der Waals surface area contributed by atoms with E-state index in [1.54, 1.807) is 13.8 Å². The van der Waals surface area contributed by atoms with Gasteiger partial charge in [0.15, 0.2) is 0 Å². The summed E-state index contributed by atoms with van der Waals surface area (Å²) in [5.74, 6) is -4.58. The van der Waals surface area contributed by atoms with Gasteiger partial charge in [-0.15, -0.1) is 0 Å². The predicted octanol–water partition coefficient (Wildman–Crippen LogP) is -2.43. The van der Waals surface area contributed by atoms with Crippen molar-refractivity contribution in [3.05, 3.63) is 0 Å². The monoisotopic (exact) mass is 431 g/mol. The van der Waals surface area contributed by atoms with Crippen molar-refractivity contribution in [1.29, 1.82) is 0 Å². The number of carboxylic acid groups (broad SMARTS) is 1. The first-order chi connectivity index (χ1) is 13.8. The average molecular weight is 431 g/mol. The van der Waals surface area contributed by atoms with Crippen molar-refractivity contribution in [3.63, 3.8) is 0 Å².